The third kappa shape index (κ3) is 6.31. The molecule has 6 heteroatoms. The summed E-state index contributed by atoms with van der Waals surface area (Å²) in [4.78, 5) is 28.6. The van der Waals surface area contributed by atoms with Crippen LogP contribution in [0.25, 0.3) is 0 Å². The minimum absolute atomic E-state index is 0.0150. The number of piperazine rings is 1. The molecule has 0 radical (unpaired) electrons. The van der Waals surface area contributed by atoms with Crippen molar-refractivity contribution in [3.63, 3.8) is 0 Å². The van der Waals surface area contributed by atoms with Crippen LogP contribution in [-0.4, -0.2) is 49.4 Å². The van der Waals surface area contributed by atoms with E-state index in [1.807, 2.05) is 53.1 Å². The third-order valence-electron chi connectivity index (χ3n) is 5.46. The van der Waals surface area contributed by atoms with Gasteiger partial charge in [0.15, 0.2) is 0 Å². The second-order valence-electron chi connectivity index (χ2n) is 7.92. The van der Waals surface area contributed by atoms with Crippen molar-refractivity contribution in [2.45, 2.75) is 26.2 Å². The smallest absolute Gasteiger partial charge is 0.222 e. The molecule has 0 saturated carbocycles. The molecule has 2 aromatic carbocycles. The summed E-state index contributed by atoms with van der Waals surface area (Å²) in [5.74, 6) is -0.202. The van der Waals surface area contributed by atoms with E-state index in [2.05, 4.69) is 5.32 Å². The van der Waals surface area contributed by atoms with E-state index >= 15 is 0 Å². The topological polar surface area (TPSA) is 52.7 Å². The van der Waals surface area contributed by atoms with E-state index in [0.717, 1.165) is 6.42 Å². The fourth-order valence-corrected chi connectivity index (χ4v) is 3.78. The molecular formula is C24H30FN3O2. The van der Waals surface area contributed by atoms with E-state index in [-0.39, 0.29) is 23.5 Å². The van der Waals surface area contributed by atoms with Gasteiger partial charge in [0, 0.05) is 45.6 Å². The predicted octanol–water partition coefficient (Wildman–Crippen LogP) is 3.25. The molecular weight excluding hydrogens is 381 g/mol. The quantitative estimate of drug-likeness (QED) is 0.726. The second kappa shape index (κ2) is 10.8. The molecule has 1 unspecified atom stereocenters. The van der Waals surface area contributed by atoms with Crippen LogP contribution in [0, 0.1) is 11.7 Å². The summed E-state index contributed by atoms with van der Waals surface area (Å²) in [7, 11) is 0. The maximum absolute atomic E-state index is 13.9. The first kappa shape index (κ1) is 21.8. The Morgan fingerprint density at radius 2 is 1.63 bits per heavy atom. The Kier molecular flexibility index (Phi) is 7.82. The standard InChI is InChI=1S/C24H30FN3O2/c1-19(17-23(29)26-12-11-20-7-3-2-4-8-20)18-24(30)28-15-13-27(14-16-28)22-10-6-5-9-21(22)25/h2-10,19H,11-18H2,1H3,(H,26,29). The number of para-hydroxylation sites is 1. The van der Waals surface area contributed by atoms with E-state index in [0.29, 0.717) is 51.3 Å². The number of carbonyl (C=O) groups excluding carboxylic acids is 2. The number of amides is 2. The summed E-state index contributed by atoms with van der Waals surface area (Å²) in [6.45, 7) is 4.90. The van der Waals surface area contributed by atoms with E-state index in [1.165, 1.54) is 11.6 Å². The lowest BCUT2D eigenvalue weighted by Gasteiger charge is -2.36. The molecule has 1 aliphatic heterocycles. The van der Waals surface area contributed by atoms with Crippen molar-refractivity contribution in [3.05, 3.63) is 66.0 Å². The number of hydrogen-bond acceptors (Lipinski definition) is 3. The molecule has 0 aliphatic carbocycles. The fourth-order valence-electron chi connectivity index (χ4n) is 3.78. The lowest BCUT2D eigenvalue weighted by atomic mass is 10.0. The van der Waals surface area contributed by atoms with E-state index in [9.17, 15) is 14.0 Å². The van der Waals surface area contributed by atoms with Gasteiger partial charge in [-0.25, -0.2) is 4.39 Å². The highest BCUT2D eigenvalue weighted by molar-refractivity contribution is 5.79. The molecule has 3 rings (SSSR count). The molecule has 0 spiro atoms. The number of anilines is 1. The van der Waals surface area contributed by atoms with Gasteiger partial charge >= 0.3 is 0 Å². The zero-order valence-electron chi connectivity index (χ0n) is 17.5. The third-order valence-corrected chi connectivity index (χ3v) is 5.46. The van der Waals surface area contributed by atoms with Crippen LogP contribution in [0.2, 0.25) is 0 Å². The minimum Gasteiger partial charge on any atom is -0.366 e. The predicted molar refractivity (Wildman–Crippen MR) is 117 cm³/mol. The number of rotatable bonds is 8. The number of benzene rings is 2. The summed E-state index contributed by atoms with van der Waals surface area (Å²) >= 11 is 0. The van der Waals surface area contributed by atoms with Crippen LogP contribution < -0.4 is 10.2 Å². The molecule has 1 atom stereocenters. The van der Waals surface area contributed by atoms with Gasteiger partial charge in [-0.15, -0.1) is 0 Å². The van der Waals surface area contributed by atoms with Crippen molar-refractivity contribution >= 4 is 17.5 Å². The number of carbonyl (C=O) groups is 2. The Balaban J connectivity index is 1.36. The average Bonchev–Trinajstić information content (AvgIpc) is 2.75. The van der Waals surface area contributed by atoms with Crippen LogP contribution >= 0.6 is 0 Å². The summed E-state index contributed by atoms with van der Waals surface area (Å²) in [6.07, 6.45) is 1.49. The molecule has 2 aromatic rings. The molecule has 1 fully saturated rings. The fraction of sp³-hybridized carbons (Fsp3) is 0.417. The normalized spacial score (nSPS) is 15.0. The Morgan fingerprint density at radius 3 is 2.33 bits per heavy atom. The monoisotopic (exact) mass is 411 g/mol. The highest BCUT2D eigenvalue weighted by atomic mass is 19.1. The first-order chi connectivity index (χ1) is 14.5. The SMILES string of the molecule is CC(CC(=O)NCCc1ccccc1)CC(=O)N1CCN(c2ccccc2F)CC1. The first-order valence-electron chi connectivity index (χ1n) is 10.6. The summed E-state index contributed by atoms with van der Waals surface area (Å²) in [5.41, 5.74) is 1.78. The van der Waals surface area contributed by atoms with Crippen LogP contribution in [-0.2, 0) is 16.0 Å². The van der Waals surface area contributed by atoms with Crippen LogP contribution in [0.4, 0.5) is 10.1 Å². The van der Waals surface area contributed by atoms with Gasteiger partial charge in [-0.05, 0) is 30.0 Å². The van der Waals surface area contributed by atoms with Crippen LogP contribution in [0.1, 0.15) is 25.3 Å². The van der Waals surface area contributed by atoms with Gasteiger partial charge in [-0.2, -0.15) is 0 Å². The summed E-state index contributed by atoms with van der Waals surface area (Å²) in [5, 5.41) is 2.94. The van der Waals surface area contributed by atoms with Gasteiger partial charge in [0.1, 0.15) is 5.82 Å². The maximum atomic E-state index is 13.9. The van der Waals surface area contributed by atoms with Crippen LogP contribution in [0.15, 0.2) is 54.6 Å². The van der Waals surface area contributed by atoms with Gasteiger partial charge in [-0.3, -0.25) is 9.59 Å². The maximum Gasteiger partial charge on any atom is 0.222 e. The van der Waals surface area contributed by atoms with Crippen molar-refractivity contribution in [2.24, 2.45) is 5.92 Å². The lowest BCUT2D eigenvalue weighted by molar-refractivity contribution is -0.132. The summed E-state index contributed by atoms with van der Waals surface area (Å²) < 4.78 is 13.9. The molecule has 2 amide bonds. The molecule has 1 saturated heterocycles. The molecule has 1 heterocycles. The van der Waals surface area contributed by atoms with Gasteiger partial charge in [0.25, 0.3) is 0 Å². The Hall–Kier alpha value is -2.89. The van der Waals surface area contributed by atoms with Crippen LogP contribution in [0.3, 0.4) is 0 Å². The van der Waals surface area contributed by atoms with E-state index in [1.54, 1.807) is 12.1 Å². The van der Waals surface area contributed by atoms with Gasteiger partial charge in [0.05, 0.1) is 5.69 Å². The molecule has 1 N–H and O–H groups in total. The Labute approximate surface area is 177 Å². The van der Waals surface area contributed by atoms with Crippen molar-refractivity contribution in [1.29, 1.82) is 0 Å². The second-order valence-corrected chi connectivity index (χ2v) is 7.92. The van der Waals surface area contributed by atoms with Gasteiger partial charge in [0.2, 0.25) is 11.8 Å². The van der Waals surface area contributed by atoms with E-state index in [4.69, 9.17) is 0 Å². The van der Waals surface area contributed by atoms with Crippen molar-refractivity contribution in [2.75, 3.05) is 37.6 Å². The minimum atomic E-state index is -0.232. The molecule has 30 heavy (non-hydrogen) atoms. The highest BCUT2D eigenvalue weighted by Gasteiger charge is 2.24. The van der Waals surface area contributed by atoms with Crippen molar-refractivity contribution in [1.82, 2.24) is 10.2 Å². The number of hydrogen-bond donors (Lipinski definition) is 1. The zero-order valence-corrected chi connectivity index (χ0v) is 17.5. The lowest BCUT2D eigenvalue weighted by Crippen LogP contribution is -2.49. The molecule has 0 aromatic heterocycles. The number of nitrogens with one attached hydrogen (secondary N) is 1. The Bertz CT molecular complexity index is 835. The number of nitrogens with zero attached hydrogens (tertiary/aromatic N) is 2. The molecule has 5 nitrogen and oxygen atoms in total. The first-order valence-corrected chi connectivity index (χ1v) is 10.6. The highest BCUT2D eigenvalue weighted by Crippen LogP contribution is 2.21. The van der Waals surface area contributed by atoms with Crippen molar-refractivity contribution in [3.8, 4) is 0 Å². The largest absolute Gasteiger partial charge is 0.366 e. The molecule has 1 aliphatic rings. The molecule has 0 bridgehead atoms. The molecule has 160 valence electrons. The van der Waals surface area contributed by atoms with E-state index < -0.39 is 0 Å². The summed E-state index contributed by atoms with van der Waals surface area (Å²) in [6, 6.07) is 16.8. The average molecular weight is 412 g/mol. The van der Waals surface area contributed by atoms with Gasteiger partial charge in [-0.1, -0.05) is 49.4 Å². The van der Waals surface area contributed by atoms with Gasteiger partial charge < -0.3 is 15.1 Å². The Morgan fingerprint density at radius 1 is 0.967 bits per heavy atom. The zero-order chi connectivity index (χ0) is 21.3. The van der Waals surface area contributed by atoms with Crippen molar-refractivity contribution < 1.29 is 14.0 Å². The number of halogens is 1. The van der Waals surface area contributed by atoms with Crippen LogP contribution in [0.5, 0.6) is 0 Å².